The van der Waals surface area contributed by atoms with Crippen LogP contribution in [-0.4, -0.2) is 19.1 Å². The average molecular weight is 329 g/mol. The summed E-state index contributed by atoms with van der Waals surface area (Å²) in [5.74, 6) is 0.457. The third-order valence-electron chi connectivity index (χ3n) is 3.45. The summed E-state index contributed by atoms with van der Waals surface area (Å²) in [7, 11) is 0. The van der Waals surface area contributed by atoms with Crippen molar-refractivity contribution < 1.29 is 9.53 Å². The number of carbonyl (C=O) groups excluding carboxylic acids is 1. The molecule has 0 radical (unpaired) electrons. The lowest BCUT2D eigenvalue weighted by atomic mass is 10.2. The lowest BCUT2D eigenvalue weighted by Crippen LogP contribution is -2.25. The number of nitrogens with one attached hydrogen (secondary N) is 1. The van der Waals surface area contributed by atoms with Crippen molar-refractivity contribution in [2.45, 2.75) is 46.1 Å². The van der Waals surface area contributed by atoms with Crippen molar-refractivity contribution >= 4 is 5.91 Å². The molecule has 1 rings (SSSR count). The summed E-state index contributed by atoms with van der Waals surface area (Å²) in [5, 5.41) is 2.85. The monoisotopic (exact) mass is 329 g/mol. The van der Waals surface area contributed by atoms with Gasteiger partial charge in [-0.25, -0.2) is 0 Å². The Bertz CT molecular complexity index is 492. The van der Waals surface area contributed by atoms with Crippen molar-refractivity contribution in [3.05, 3.63) is 60.2 Å². The molecule has 0 aliphatic carbocycles. The van der Waals surface area contributed by atoms with Gasteiger partial charge in [0.05, 0.1) is 6.61 Å². The van der Waals surface area contributed by atoms with Crippen molar-refractivity contribution in [3.63, 3.8) is 0 Å². The number of hydrogen-bond donors (Lipinski definition) is 1. The Morgan fingerprint density at radius 3 is 2.67 bits per heavy atom. The molecular formula is C21H31NO2. The molecule has 3 nitrogen and oxygen atoms in total. The Kier molecular flexibility index (Phi) is 11.4. The Hall–Kier alpha value is -1.87. The fraction of sp³-hybridized carbons (Fsp3) is 0.476. The van der Waals surface area contributed by atoms with E-state index >= 15 is 0 Å². The van der Waals surface area contributed by atoms with Crippen molar-refractivity contribution in [1.29, 1.82) is 0 Å². The van der Waals surface area contributed by atoms with Crippen LogP contribution in [0.2, 0.25) is 0 Å². The van der Waals surface area contributed by atoms with Crippen molar-refractivity contribution in [2.75, 3.05) is 13.2 Å². The minimum absolute atomic E-state index is 0.0242. The van der Waals surface area contributed by atoms with E-state index in [1.54, 1.807) is 12.2 Å². The van der Waals surface area contributed by atoms with Gasteiger partial charge in [0, 0.05) is 19.2 Å². The third-order valence-corrected chi connectivity index (χ3v) is 3.45. The molecule has 1 amide bonds. The maximum atomic E-state index is 11.4. The average Bonchev–Trinajstić information content (AvgIpc) is 2.58. The molecule has 0 atom stereocenters. The normalized spacial score (nSPS) is 11.6. The van der Waals surface area contributed by atoms with E-state index in [9.17, 15) is 4.79 Å². The Labute approximate surface area is 146 Å². The molecule has 0 fully saturated rings. The smallest absolute Gasteiger partial charge is 0.243 e. The van der Waals surface area contributed by atoms with Gasteiger partial charge in [-0.1, -0.05) is 68.8 Å². The molecule has 0 saturated heterocycles. The molecule has 0 unspecified atom stereocenters. The molecule has 132 valence electrons. The first kappa shape index (κ1) is 20.2. The van der Waals surface area contributed by atoms with E-state index in [1.165, 1.54) is 5.56 Å². The van der Waals surface area contributed by atoms with E-state index in [2.05, 4.69) is 37.4 Å². The standard InChI is InChI=1S/C21H31NO2/c1-19(2)17-22-21(23)15-11-6-4-3-5-7-12-16-24-18-20-13-9-8-10-14-20/h4,6,8-11,13-15,19H,3,5,7,12,16-18H2,1-2H3,(H,22,23). The SMILES string of the molecule is CC(C)CNC(=O)C=CC=CCCCCCOCc1ccccc1. The second kappa shape index (κ2) is 13.6. The lowest BCUT2D eigenvalue weighted by molar-refractivity contribution is -0.116. The molecule has 0 heterocycles. The highest BCUT2D eigenvalue weighted by molar-refractivity contribution is 5.87. The van der Waals surface area contributed by atoms with Crippen LogP contribution in [0.5, 0.6) is 0 Å². The van der Waals surface area contributed by atoms with Gasteiger partial charge in [0.2, 0.25) is 5.91 Å². The van der Waals surface area contributed by atoms with Gasteiger partial charge < -0.3 is 10.1 Å². The van der Waals surface area contributed by atoms with Gasteiger partial charge in [0.1, 0.15) is 0 Å². The number of hydrogen-bond acceptors (Lipinski definition) is 2. The van der Waals surface area contributed by atoms with E-state index in [4.69, 9.17) is 4.74 Å². The number of allylic oxidation sites excluding steroid dienone is 3. The fourth-order valence-corrected chi connectivity index (χ4v) is 2.09. The second-order valence-corrected chi connectivity index (χ2v) is 6.31. The van der Waals surface area contributed by atoms with Crippen LogP contribution in [0.4, 0.5) is 0 Å². The van der Waals surface area contributed by atoms with E-state index < -0.39 is 0 Å². The zero-order valence-corrected chi connectivity index (χ0v) is 15.0. The first-order valence-corrected chi connectivity index (χ1v) is 8.91. The second-order valence-electron chi connectivity index (χ2n) is 6.31. The van der Waals surface area contributed by atoms with Crippen LogP contribution >= 0.6 is 0 Å². The van der Waals surface area contributed by atoms with Gasteiger partial charge in [-0.2, -0.15) is 0 Å². The zero-order chi connectivity index (χ0) is 17.5. The van der Waals surface area contributed by atoms with Crippen LogP contribution in [0.3, 0.4) is 0 Å². The molecule has 0 spiro atoms. The minimum Gasteiger partial charge on any atom is -0.377 e. The highest BCUT2D eigenvalue weighted by Crippen LogP contribution is 2.04. The van der Waals surface area contributed by atoms with E-state index in [-0.39, 0.29) is 5.91 Å². The van der Waals surface area contributed by atoms with Crippen LogP contribution in [0.15, 0.2) is 54.6 Å². The van der Waals surface area contributed by atoms with Crippen LogP contribution in [0.25, 0.3) is 0 Å². The molecule has 0 aliphatic heterocycles. The molecule has 1 aromatic rings. The van der Waals surface area contributed by atoms with Crippen LogP contribution in [0, 0.1) is 5.92 Å². The van der Waals surface area contributed by atoms with E-state index in [0.29, 0.717) is 12.5 Å². The van der Waals surface area contributed by atoms with E-state index in [0.717, 1.165) is 38.8 Å². The summed E-state index contributed by atoms with van der Waals surface area (Å²) in [4.78, 5) is 11.4. The highest BCUT2D eigenvalue weighted by Gasteiger charge is 1.96. The highest BCUT2D eigenvalue weighted by atomic mass is 16.5. The van der Waals surface area contributed by atoms with Gasteiger partial charge in [0.25, 0.3) is 0 Å². The topological polar surface area (TPSA) is 38.3 Å². The number of amides is 1. The first-order chi connectivity index (χ1) is 11.7. The number of rotatable bonds is 12. The van der Waals surface area contributed by atoms with Gasteiger partial charge >= 0.3 is 0 Å². The van der Waals surface area contributed by atoms with Crippen molar-refractivity contribution in [3.8, 4) is 0 Å². The van der Waals surface area contributed by atoms with Crippen LogP contribution in [0.1, 0.15) is 45.1 Å². The summed E-state index contributed by atoms with van der Waals surface area (Å²) < 4.78 is 5.66. The van der Waals surface area contributed by atoms with Crippen LogP contribution < -0.4 is 5.32 Å². The van der Waals surface area contributed by atoms with Gasteiger partial charge in [-0.3, -0.25) is 4.79 Å². The molecule has 3 heteroatoms. The van der Waals surface area contributed by atoms with Crippen LogP contribution in [-0.2, 0) is 16.1 Å². The Morgan fingerprint density at radius 2 is 1.92 bits per heavy atom. The molecular weight excluding hydrogens is 298 g/mol. The third kappa shape index (κ3) is 11.7. The lowest BCUT2D eigenvalue weighted by Gasteiger charge is -2.04. The quantitative estimate of drug-likeness (QED) is 0.344. The maximum absolute atomic E-state index is 11.4. The number of unbranched alkanes of at least 4 members (excludes halogenated alkanes) is 3. The summed E-state index contributed by atoms with van der Waals surface area (Å²) >= 11 is 0. The fourth-order valence-electron chi connectivity index (χ4n) is 2.09. The number of ether oxygens (including phenoxy) is 1. The molecule has 0 saturated carbocycles. The summed E-state index contributed by atoms with van der Waals surface area (Å²) in [6, 6.07) is 10.3. The van der Waals surface area contributed by atoms with Gasteiger partial charge in [-0.15, -0.1) is 0 Å². The summed E-state index contributed by atoms with van der Waals surface area (Å²) in [6.07, 6.45) is 11.9. The molecule has 0 aromatic heterocycles. The molecule has 1 N–H and O–H groups in total. The molecule has 0 bridgehead atoms. The predicted octanol–water partition coefficient (Wildman–Crippen LogP) is 4.65. The molecule has 24 heavy (non-hydrogen) atoms. The van der Waals surface area contributed by atoms with Gasteiger partial charge in [0.15, 0.2) is 0 Å². The summed E-state index contributed by atoms with van der Waals surface area (Å²) in [5.41, 5.74) is 1.23. The van der Waals surface area contributed by atoms with Gasteiger partial charge in [-0.05, 0) is 30.7 Å². The number of carbonyl (C=O) groups is 1. The molecule has 1 aromatic carbocycles. The zero-order valence-electron chi connectivity index (χ0n) is 15.0. The first-order valence-electron chi connectivity index (χ1n) is 8.91. The molecule has 0 aliphatic rings. The largest absolute Gasteiger partial charge is 0.377 e. The Balaban J connectivity index is 1.93. The maximum Gasteiger partial charge on any atom is 0.243 e. The predicted molar refractivity (Wildman–Crippen MR) is 101 cm³/mol. The van der Waals surface area contributed by atoms with Crippen molar-refractivity contribution in [1.82, 2.24) is 5.32 Å². The number of benzene rings is 1. The van der Waals surface area contributed by atoms with E-state index in [1.807, 2.05) is 24.3 Å². The minimum atomic E-state index is -0.0242. The summed E-state index contributed by atoms with van der Waals surface area (Å²) in [6.45, 7) is 6.39. The Morgan fingerprint density at radius 1 is 1.12 bits per heavy atom. The van der Waals surface area contributed by atoms with Crippen molar-refractivity contribution in [2.24, 2.45) is 5.92 Å².